The van der Waals surface area contributed by atoms with Gasteiger partial charge >= 0.3 is 0 Å². The van der Waals surface area contributed by atoms with Crippen LogP contribution in [-0.4, -0.2) is 12.0 Å². The number of nitrogens with two attached hydrogens (primary N) is 1. The Morgan fingerprint density at radius 3 is 2.65 bits per heavy atom. The minimum Gasteiger partial charge on any atom is -0.441 e. The first kappa shape index (κ1) is 12.5. The van der Waals surface area contributed by atoms with E-state index in [1.54, 1.807) is 0 Å². The van der Waals surface area contributed by atoms with Gasteiger partial charge in [-0.3, -0.25) is 0 Å². The highest BCUT2D eigenvalue weighted by Gasteiger charge is 2.06. The zero-order valence-electron chi connectivity index (χ0n) is 11.6. The van der Waals surface area contributed by atoms with Gasteiger partial charge in [0.2, 0.25) is 0 Å². The molecule has 0 saturated heterocycles. The third kappa shape index (κ3) is 2.45. The van der Waals surface area contributed by atoms with E-state index in [0.717, 1.165) is 29.0 Å². The van der Waals surface area contributed by atoms with Gasteiger partial charge in [0.05, 0.1) is 0 Å². The SMILES string of the molecule is Cc1nc2ccc(CN(C)c3ccc(N)cc3)cc2o1. The summed E-state index contributed by atoms with van der Waals surface area (Å²) in [5, 5.41) is 0. The fourth-order valence-corrected chi connectivity index (χ4v) is 2.28. The van der Waals surface area contributed by atoms with Crippen molar-refractivity contribution in [2.45, 2.75) is 13.5 Å². The average molecular weight is 267 g/mol. The Hall–Kier alpha value is -2.49. The average Bonchev–Trinajstić information content (AvgIpc) is 2.78. The van der Waals surface area contributed by atoms with Crippen LogP contribution in [0.25, 0.3) is 11.1 Å². The normalized spacial score (nSPS) is 10.9. The molecule has 0 aliphatic rings. The summed E-state index contributed by atoms with van der Waals surface area (Å²) in [6.45, 7) is 2.67. The predicted octanol–water partition coefficient (Wildman–Crippen LogP) is 3.35. The van der Waals surface area contributed by atoms with E-state index in [4.69, 9.17) is 10.2 Å². The van der Waals surface area contributed by atoms with Crippen molar-refractivity contribution in [3.63, 3.8) is 0 Å². The van der Waals surface area contributed by atoms with E-state index in [2.05, 4.69) is 23.0 Å². The highest BCUT2D eigenvalue weighted by Crippen LogP contribution is 2.20. The van der Waals surface area contributed by atoms with Crippen LogP contribution in [-0.2, 0) is 6.54 Å². The van der Waals surface area contributed by atoms with Crippen molar-refractivity contribution >= 4 is 22.5 Å². The summed E-state index contributed by atoms with van der Waals surface area (Å²) in [6, 6.07) is 14.0. The Labute approximate surface area is 117 Å². The van der Waals surface area contributed by atoms with Gasteiger partial charge in [0.15, 0.2) is 11.5 Å². The second-order valence-electron chi connectivity index (χ2n) is 4.98. The minimum atomic E-state index is 0.698. The van der Waals surface area contributed by atoms with E-state index in [0.29, 0.717) is 5.89 Å². The number of aromatic nitrogens is 1. The summed E-state index contributed by atoms with van der Waals surface area (Å²) in [5.41, 5.74) is 10.5. The number of hydrogen-bond acceptors (Lipinski definition) is 4. The molecule has 0 radical (unpaired) electrons. The zero-order chi connectivity index (χ0) is 14.1. The lowest BCUT2D eigenvalue weighted by Crippen LogP contribution is -2.16. The first-order valence-corrected chi connectivity index (χ1v) is 6.54. The van der Waals surface area contributed by atoms with E-state index in [1.165, 1.54) is 5.56 Å². The van der Waals surface area contributed by atoms with Gasteiger partial charge in [-0.25, -0.2) is 4.98 Å². The van der Waals surface area contributed by atoms with Gasteiger partial charge in [0.1, 0.15) is 5.52 Å². The maximum absolute atomic E-state index is 5.71. The molecular formula is C16H17N3O. The van der Waals surface area contributed by atoms with E-state index >= 15 is 0 Å². The Morgan fingerprint density at radius 1 is 1.15 bits per heavy atom. The second kappa shape index (κ2) is 4.89. The Morgan fingerprint density at radius 2 is 1.90 bits per heavy atom. The largest absolute Gasteiger partial charge is 0.441 e. The summed E-state index contributed by atoms with van der Waals surface area (Å²) in [6.07, 6.45) is 0. The monoisotopic (exact) mass is 267 g/mol. The van der Waals surface area contributed by atoms with Gasteiger partial charge in [0, 0.05) is 31.9 Å². The van der Waals surface area contributed by atoms with Crippen LogP contribution in [0.5, 0.6) is 0 Å². The molecule has 102 valence electrons. The first-order chi connectivity index (χ1) is 9.61. The number of aryl methyl sites for hydroxylation is 1. The van der Waals surface area contributed by atoms with Crippen molar-refractivity contribution in [3.05, 3.63) is 53.9 Å². The molecule has 3 aromatic rings. The van der Waals surface area contributed by atoms with E-state index in [-0.39, 0.29) is 0 Å². The number of anilines is 2. The maximum Gasteiger partial charge on any atom is 0.192 e. The van der Waals surface area contributed by atoms with Gasteiger partial charge in [-0.05, 0) is 42.0 Å². The van der Waals surface area contributed by atoms with Crippen molar-refractivity contribution < 1.29 is 4.42 Å². The molecule has 0 fully saturated rings. The fraction of sp³-hybridized carbons (Fsp3) is 0.188. The van der Waals surface area contributed by atoms with E-state index < -0.39 is 0 Å². The van der Waals surface area contributed by atoms with Crippen LogP contribution in [0.2, 0.25) is 0 Å². The highest BCUT2D eigenvalue weighted by atomic mass is 16.3. The van der Waals surface area contributed by atoms with Crippen molar-refractivity contribution in [3.8, 4) is 0 Å². The summed E-state index contributed by atoms with van der Waals surface area (Å²) in [7, 11) is 2.06. The smallest absolute Gasteiger partial charge is 0.192 e. The van der Waals surface area contributed by atoms with Gasteiger partial charge in [-0.1, -0.05) is 6.07 Å². The van der Waals surface area contributed by atoms with Gasteiger partial charge in [-0.2, -0.15) is 0 Å². The highest BCUT2D eigenvalue weighted by molar-refractivity contribution is 5.73. The molecular weight excluding hydrogens is 250 g/mol. The molecule has 2 aromatic carbocycles. The van der Waals surface area contributed by atoms with Gasteiger partial charge in [-0.15, -0.1) is 0 Å². The standard InChI is InChI=1S/C16H17N3O/c1-11-18-15-8-3-12(9-16(15)20-11)10-19(2)14-6-4-13(17)5-7-14/h3-9H,10,17H2,1-2H3. The molecule has 1 aromatic heterocycles. The number of benzene rings is 2. The molecule has 0 bridgehead atoms. The van der Waals surface area contributed by atoms with Crippen LogP contribution in [0.4, 0.5) is 11.4 Å². The molecule has 0 atom stereocenters. The number of rotatable bonds is 3. The minimum absolute atomic E-state index is 0.698. The van der Waals surface area contributed by atoms with Gasteiger partial charge < -0.3 is 15.1 Å². The molecule has 4 nitrogen and oxygen atoms in total. The van der Waals surface area contributed by atoms with Crippen LogP contribution < -0.4 is 10.6 Å². The van der Waals surface area contributed by atoms with Crippen LogP contribution >= 0.6 is 0 Å². The molecule has 0 amide bonds. The molecule has 0 spiro atoms. The summed E-state index contributed by atoms with van der Waals surface area (Å²) >= 11 is 0. The number of fused-ring (bicyclic) bond motifs is 1. The van der Waals surface area contributed by atoms with Crippen LogP contribution in [0.3, 0.4) is 0 Å². The van der Waals surface area contributed by atoms with Crippen LogP contribution in [0, 0.1) is 6.92 Å². The predicted molar refractivity (Wildman–Crippen MR) is 81.7 cm³/mol. The molecule has 0 aliphatic heterocycles. The van der Waals surface area contributed by atoms with E-state index in [1.807, 2.05) is 43.3 Å². The lowest BCUT2D eigenvalue weighted by Gasteiger charge is -2.19. The molecule has 0 aliphatic carbocycles. The summed E-state index contributed by atoms with van der Waals surface area (Å²) in [4.78, 5) is 6.48. The molecule has 0 saturated carbocycles. The second-order valence-corrected chi connectivity index (χ2v) is 4.98. The van der Waals surface area contributed by atoms with Crippen molar-refractivity contribution in [1.29, 1.82) is 0 Å². The zero-order valence-corrected chi connectivity index (χ0v) is 11.6. The molecule has 1 heterocycles. The maximum atomic E-state index is 5.71. The Kier molecular flexibility index (Phi) is 3.06. The van der Waals surface area contributed by atoms with E-state index in [9.17, 15) is 0 Å². The first-order valence-electron chi connectivity index (χ1n) is 6.54. The quantitative estimate of drug-likeness (QED) is 0.739. The number of hydrogen-bond donors (Lipinski definition) is 1. The molecule has 0 unspecified atom stereocenters. The topological polar surface area (TPSA) is 55.3 Å². The summed E-state index contributed by atoms with van der Waals surface area (Å²) in [5.74, 6) is 0.698. The Bertz CT molecular complexity index is 731. The van der Waals surface area contributed by atoms with Crippen molar-refractivity contribution in [2.75, 3.05) is 17.7 Å². The third-order valence-electron chi connectivity index (χ3n) is 3.31. The number of nitrogen functional groups attached to an aromatic ring is 1. The number of oxazole rings is 1. The van der Waals surface area contributed by atoms with Gasteiger partial charge in [0.25, 0.3) is 0 Å². The fourth-order valence-electron chi connectivity index (χ4n) is 2.28. The molecule has 3 rings (SSSR count). The van der Waals surface area contributed by atoms with Crippen molar-refractivity contribution in [2.24, 2.45) is 0 Å². The molecule has 4 heteroatoms. The lowest BCUT2D eigenvalue weighted by atomic mass is 10.2. The third-order valence-corrected chi connectivity index (χ3v) is 3.31. The molecule has 2 N–H and O–H groups in total. The lowest BCUT2D eigenvalue weighted by molar-refractivity contribution is 0.560. The molecule has 20 heavy (non-hydrogen) atoms. The van der Waals surface area contributed by atoms with Crippen molar-refractivity contribution in [1.82, 2.24) is 4.98 Å². The van der Waals surface area contributed by atoms with Crippen LogP contribution in [0.15, 0.2) is 46.9 Å². The summed E-state index contributed by atoms with van der Waals surface area (Å²) < 4.78 is 5.57. The van der Waals surface area contributed by atoms with Crippen LogP contribution in [0.1, 0.15) is 11.5 Å². The number of nitrogens with zero attached hydrogens (tertiary/aromatic N) is 2. The Balaban J connectivity index is 1.82.